The summed E-state index contributed by atoms with van der Waals surface area (Å²) in [6, 6.07) is 17.8. The Labute approximate surface area is 143 Å². The van der Waals surface area contributed by atoms with Crippen LogP contribution in [0.4, 0.5) is 5.69 Å². The molecular formula is C20H24N2O2. The molecule has 4 heteroatoms. The largest absolute Gasteiger partial charge is 0.484 e. The van der Waals surface area contributed by atoms with E-state index in [1.54, 1.807) is 4.90 Å². The molecule has 0 radical (unpaired) electrons. The van der Waals surface area contributed by atoms with Crippen LogP contribution in [-0.2, 0) is 11.3 Å². The van der Waals surface area contributed by atoms with Crippen molar-refractivity contribution in [2.24, 2.45) is 0 Å². The second-order valence-corrected chi connectivity index (χ2v) is 6.17. The molecule has 0 spiro atoms. The van der Waals surface area contributed by atoms with Gasteiger partial charge in [0.25, 0.3) is 5.91 Å². The number of likely N-dealkylation sites (N-methyl/N-ethyl adjacent to an activating group) is 1. The van der Waals surface area contributed by atoms with Gasteiger partial charge in [0.2, 0.25) is 0 Å². The second-order valence-electron chi connectivity index (χ2n) is 6.17. The van der Waals surface area contributed by atoms with Crippen LogP contribution in [0.1, 0.15) is 18.4 Å². The van der Waals surface area contributed by atoms with E-state index in [0.717, 1.165) is 18.8 Å². The van der Waals surface area contributed by atoms with Crippen LogP contribution in [0, 0.1) is 0 Å². The van der Waals surface area contributed by atoms with E-state index < -0.39 is 0 Å². The van der Waals surface area contributed by atoms with Crippen molar-refractivity contribution >= 4 is 11.6 Å². The summed E-state index contributed by atoms with van der Waals surface area (Å²) in [5.41, 5.74) is 2.44. The van der Waals surface area contributed by atoms with Gasteiger partial charge in [0.15, 0.2) is 6.61 Å². The lowest BCUT2D eigenvalue weighted by molar-refractivity contribution is -0.132. The van der Waals surface area contributed by atoms with Crippen molar-refractivity contribution in [2.75, 3.05) is 31.6 Å². The molecule has 0 unspecified atom stereocenters. The summed E-state index contributed by atoms with van der Waals surface area (Å²) in [7, 11) is 1.83. The molecule has 2 aromatic rings. The first-order valence-corrected chi connectivity index (χ1v) is 8.49. The van der Waals surface area contributed by atoms with E-state index in [9.17, 15) is 4.79 Å². The highest BCUT2D eigenvalue weighted by Gasteiger charge is 2.17. The molecule has 1 aliphatic heterocycles. The lowest BCUT2D eigenvalue weighted by atomic mass is 10.1. The fourth-order valence-corrected chi connectivity index (χ4v) is 3.03. The number of benzene rings is 2. The van der Waals surface area contributed by atoms with E-state index in [2.05, 4.69) is 23.1 Å². The van der Waals surface area contributed by atoms with Gasteiger partial charge in [0.1, 0.15) is 5.75 Å². The van der Waals surface area contributed by atoms with E-state index in [4.69, 9.17) is 4.74 Å². The van der Waals surface area contributed by atoms with Gasteiger partial charge in [0, 0.05) is 32.4 Å². The molecular weight excluding hydrogens is 300 g/mol. The van der Waals surface area contributed by atoms with Crippen LogP contribution in [0.15, 0.2) is 54.6 Å². The quantitative estimate of drug-likeness (QED) is 0.817. The third-order valence-electron chi connectivity index (χ3n) is 4.38. The smallest absolute Gasteiger partial charge is 0.260 e. The molecule has 0 aromatic heterocycles. The fourth-order valence-electron chi connectivity index (χ4n) is 3.03. The van der Waals surface area contributed by atoms with Crippen LogP contribution < -0.4 is 9.64 Å². The molecule has 0 aliphatic carbocycles. The minimum absolute atomic E-state index is 0.0184. The van der Waals surface area contributed by atoms with Gasteiger partial charge in [-0.1, -0.05) is 36.4 Å². The molecule has 1 amide bonds. The number of amides is 1. The van der Waals surface area contributed by atoms with Crippen molar-refractivity contribution in [3.8, 4) is 5.75 Å². The molecule has 1 fully saturated rings. The highest BCUT2D eigenvalue weighted by atomic mass is 16.5. The number of anilines is 1. The topological polar surface area (TPSA) is 32.8 Å². The summed E-state index contributed by atoms with van der Waals surface area (Å²) in [5, 5.41) is 0. The van der Waals surface area contributed by atoms with Crippen molar-refractivity contribution < 1.29 is 9.53 Å². The second kappa shape index (κ2) is 7.86. The molecule has 1 heterocycles. The van der Waals surface area contributed by atoms with Gasteiger partial charge < -0.3 is 14.5 Å². The number of nitrogens with zero attached hydrogens (tertiary/aromatic N) is 2. The lowest BCUT2D eigenvalue weighted by Gasteiger charge is -2.24. The van der Waals surface area contributed by atoms with Crippen LogP contribution in [-0.4, -0.2) is 37.6 Å². The zero-order valence-electron chi connectivity index (χ0n) is 14.1. The summed E-state index contributed by atoms with van der Waals surface area (Å²) in [6.07, 6.45) is 2.49. The summed E-state index contributed by atoms with van der Waals surface area (Å²) < 4.78 is 5.56. The first kappa shape index (κ1) is 16.4. The Kier molecular flexibility index (Phi) is 5.36. The van der Waals surface area contributed by atoms with E-state index in [0.29, 0.717) is 6.54 Å². The number of para-hydroxylation sites is 2. The van der Waals surface area contributed by atoms with E-state index in [-0.39, 0.29) is 12.5 Å². The number of carbonyl (C=O) groups is 1. The maximum Gasteiger partial charge on any atom is 0.260 e. The molecule has 0 bridgehead atoms. The zero-order valence-corrected chi connectivity index (χ0v) is 14.1. The first-order chi connectivity index (χ1) is 11.7. The summed E-state index contributed by atoms with van der Waals surface area (Å²) in [6.45, 7) is 2.87. The molecule has 1 aliphatic rings. The Morgan fingerprint density at radius 3 is 2.46 bits per heavy atom. The van der Waals surface area contributed by atoms with Crippen molar-refractivity contribution in [1.29, 1.82) is 0 Å². The van der Waals surface area contributed by atoms with E-state index in [1.165, 1.54) is 24.1 Å². The monoisotopic (exact) mass is 324 g/mol. The van der Waals surface area contributed by atoms with Gasteiger partial charge in [-0.3, -0.25) is 4.79 Å². The fraction of sp³-hybridized carbons (Fsp3) is 0.350. The van der Waals surface area contributed by atoms with Crippen molar-refractivity contribution in [3.63, 3.8) is 0 Å². The highest BCUT2D eigenvalue weighted by Crippen LogP contribution is 2.25. The molecule has 0 atom stereocenters. The maximum absolute atomic E-state index is 12.3. The highest BCUT2D eigenvalue weighted by molar-refractivity contribution is 5.77. The van der Waals surface area contributed by atoms with Gasteiger partial charge >= 0.3 is 0 Å². The summed E-state index contributed by atoms with van der Waals surface area (Å²) in [4.78, 5) is 16.5. The Hall–Kier alpha value is -2.49. The van der Waals surface area contributed by atoms with Gasteiger partial charge in [-0.25, -0.2) is 0 Å². The van der Waals surface area contributed by atoms with Gasteiger partial charge in [-0.2, -0.15) is 0 Å². The molecule has 24 heavy (non-hydrogen) atoms. The van der Waals surface area contributed by atoms with Crippen molar-refractivity contribution in [1.82, 2.24) is 4.90 Å². The molecule has 0 saturated carbocycles. The minimum atomic E-state index is -0.0184. The summed E-state index contributed by atoms with van der Waals surface area (Å²) in [5.74, 6) is 0.701. The Morgan fingerprint density at radius 1 is 1.04 bits per heavy atom. The Bertz CT molecular complexity index is 666. The lowest BCUT2D eigenvalue weighted by Crippen LogP contribution is -2.31. The predicted molar refractivity (Wildman–Crippen MR) is 96.3 cm³/mol. The average molecular weight is 324 g/mol. The third kappa shape index (κ3) is 4.07. The molecule has 3 rings (SSSR count). The van der Waals surface area contributed by atoms with Crippen LogP contribution in [0.5, 0.6) is 5.75 Å². The van der Waals surface area contributed by atoms with Crippen LogP contribution in [0.2, 0.25) is 0 Å². The molecule has 1 saturated heterocycles. The molecule has 0 N–H and O–H groups in total. The van der Waals surface area contributed by atoms with Gasteiger partial charge in [-0.05, 0) is 36.6 Å². The van der Waals surface area contributed by atoms with Crippen LogP contribution in [0.3, 0.4) is 0 Å². The van der Waals surface area contributed by atoms with Crippen molar-refractivity contribution in [2.45, 2.75) is 19.4 Å². The molecule has 2 aromatic carbocycles. The van der Waals surface area contributed by atoms with Crippen LogP contribution in [0.25, 0.3) is 0 Å². The number of hydrogen-bond acceptors (Lipinski definition) is 3. The number of carbonyl (C=O) groups excluding carboxylic acids is 1. The number of rotatable bonds is 6. The Balaban J connectivity index is 1.60. The zero-order chi connectivity index (χ0) is 16.8. The standard InChI is InChI=1S/C20H24N2O2/c1-21(20(23)16-24-18-10-3-2-4-11-18)15-17-9-5-6-12-19(17)22-13-7-8-14-22/h2-6,9-12H,7-8,13-16H2,1H3. The minimum Gasteiger partial charge on any atom is -0.484 e. The van der Waals surface area contributed by atoms with E-state index in [1.807, 2.05) is 43.4 Å². The number of hydrogen-bond donors (Lipinski definition) is 0. The van der Waals surface area contributed by atoms with Crippen LogP contribution >= 0.6 is 0 Å². The van der Waals surface area contributed by atoms with Gasteiger partial charge in [0.05, 0.1) is 0 Å². The molecule has 4 nitrogen and oxygen atoms in total. The number of ether oxygens (including phenoxy) is 1. The first-order valence-electron chi connectivity index (χ1n) is 8.49. The molecule has 126 valence electrons. The van der Waals surface area contributed by atoms with E-state index >= 15 is 0 Å². The Morgan fingerprint density at radius 2 is 1.71 bits per heavy atom. The van der Waals surface area contributed by atoms with Crippen molar-refractivity contribution in [3.05, 3.63) is 60.2 Å². The average Bonchev–Trinajstić information content (AvgIpc) is 3.15. The third-order valence-corrected chi connectivity index (χ3v) is 4.38. The predicted octanol–water partition coefficient (Wildman–Crippen LogP) is 3.32. The maximum atomic E-state index is 12.3. The summed E-state index contributed by atoms with van der Waals surface area (Å²) >= 11 is 0. The SMILES string of the molecule is CN(Cc1ccccc1N1CCCC1)C(=O)COc1ccccc1. The van der Waals surface area contributed by atoms with Gasteiger partial charge in [-0.15, -0.1) is 0 Å². The normalized spacial score (nSPS) is 13.8.